The largest absolute Gasteiger partial charge is 2.00 e. The Bertz CT molecular complexity index is 75.8. The molecular formula is CH3CuO4P. The fraction of sp³-hybridized carbons (Fsp3) is 1.00. The van der Waals surface area contributed by atoms with E-state index >= 15 is 0 Å². The van der Waals surface area contributed by atoms with Crippen LogP contribution in [0.2, 0.25) is 0 Å². The zero-order valence-electron chi connectivity index (χ0n) is 3.38. The van der Waals surface area contributed by atoms with E-state index < -0.39 is 7.82 Å². The van der Waals surface area contributed by atoms with E-state index in [2.05, 4.69) is 4.52 Å². The zero-order chi connectivity index (χ0) is 5.21. The summed E-state index contributed by atoms with van der Waals surface area (Å²) in [7, 11) is -3.83. The van der Waals surface area contributed by atoms with Gasteiger partial charge in [-0.15, -0.1) is 0 Å². The summed E-state index contributed by atoms with van der Waals surface area (Å²) in [4.78, 5) is 18.5. The maximum Gasteiger partial charge on any atom is 2.00 e. The predicted octanol–water partition coefficient (Wildman–Crippen LogP) is -1.54. The summed E-state index contributed by atoms with van der Waals surface area (Å²) < 4.78 is 12.6. The van der Waals surface area contributed by atoms with Gasteiger partial charge in [0.25, 0.3) is 0 Å². The van der Waals surface area contributed by atoms with Gasteiger partial charge in [-0.2, -0.15) is 0 Å². The monoisotopic (exact) mass is 173 g/mol. The molecule has 0 unspecified atom stereocenters. The normalized spacial score (nSPS) is 10.1. The van der Waals surface area contributed by atoms with Crippen molar-refractivity contribution in [3.8, 4) is 0 Å². The molecular weight excluding hydrogens is 171 g/mol. The molecule has 0 aliphatic carbocycles. The Labute approximate surface area is 51.6 Å². The van der Waals surface area contributed by atoms with Crippen LogP contribution >= 0.6 is 7.82 Å². The molecule has 0 atom stereocenters. The van der Waals surface area contributed by atoms with Crippen molar-refractivity contribution < 1.29 is 35.9 Å². The predicted molar refractivity (Wildman–Crippen MR) is 14.6 cm³/mol. The molecule has 0 N–H and O–H groups in total. The summed E-state index contributed by atoms with van der Waals surface area (Å²) in [5.41, 5.74) is 0. The van der Waals surface area contributed by atoms with Crippen molar-refractivity contribution in [3.05, 3.63) is 0 Å². The Balaban J connectivity index is 0. The Morgan fingerprint density at radius 3 is 1.71 bits per heavy atom. The van der Waals surface area contributed by atoms with Gasteiger partial charge < -0.3 is 18.9 Å². The van der Waals surface area contributed by atoms with E-state index in [0.717, 1.165) is 7.11 Å². The number of hydrogen-bond donors (Lipinski definition) is 0. The van der Waals surface area contributed by atoms with Crippen molar-refractivity contribution in [2.75, 3.05) is 7.11 Å². The van der Waals surface area contributed by atoms with Gasteiger partial charge in [-0.3, -0.25) is 0 Å². The van der Waals surface area contributed by atoms with Crippen molar-refractivity contribution in [1.82, 2.24) is 0 Å². The summed E-state index contributed by atoms with van der Waals surface area (Å²) in [5.74, 6) is 0. The molecule has 0 amide bonds. The summed E-state index contributed by atoms with van der Waals surface area (Å²) in [6.45, 7) is 0. The summed E-state index contributed by atoms with van der Waals surface area (Å²) in [6.07, 6.45) is 0. The molecule has 1 radical (unpaired) electrons. The van der Waals surface area contributed by atoms with Gasteiger partial charge in [0.2, 0.25) is 0 Å². The molecule has 6 heteroatoms. The molecule has 7 heavy (non-hydrogen) atoms. The van der Waals surface area contributed by atoms with Crippen LogP contribution in [0.3, 0.4) is 0 Å². The first-order valence-electron chi connectivity index (χ1n) is 1.14. The fourth-order valence-corrected chi connectivity index (χ4v) is 0. The van der Waals surface area contributed by atoms with E-state index in [0.29, 0.717) is 0 Å². The first-order chi connectivity index (χ1) is 2.56. The van der Waals surface area contributed by atoms with Crippen LogP contribution < -0.4 is 9.79 Å². The average molecular weight is 174 g/mol. The molecule has 0 bridgehead atoms. The van der Waals surface area contributed by atoms with Gasteiger partial charge in [0.15, 0.2) is 0 Å². The molecule has 0 fully saturated rings. The average Bonchev–Trinajstić information content (AvgIpc) is 1.35. The molecule has 0 aliphatic rings. The molecule has 0 spiro atoms. The molecule has 0 aromatic rings. The molecule has 0 aromatic carbocycles. The van der Waals surface area contributed by atoms with Crippen LogP contribution in [-0.2, 0) is 26.2 Å². The molecule has 0 saturated carbocycles. The Kier molecular flexibility index (Phi) is 5.46. The summed E-state index contributed by atoms with van der Waals surface area (Å²) in [5, 5.41) is 0. The van der Waals surface area contributed by atoms with Gasteiger partial charge in [-0.1, -0.05) is 0 Å². The fourth-order valence-electron chi connectivity index (χ4n) is 0. The van der Waals surface area contributed by atoms with Crippen LogP contribution in [0.15, 0.2) is 0 Å². The third-order valence-corrected chi connectivity index (χ3v) is 0.671. The minimum absolute atomic E-state index is 0. The van der Waals surface area contributed by atoms with Gasteiger partial charge in [0, 0.05) is 7.11 Å². The zero-order valence-corrected chi connectivity index (χ0v) is 5.22. The van der Waals surface area contributed by atoms with E-state index in [1.807, 2.05) is 0 Å². The smallest absolute Gasteiger partial charge is 0.790 e. The molecule has 4 nitrogen and oxygen atoms in total. The van der Waals surface area contributed by atoms with Crippen LogP contribution in [0.5, 0.6) is 0 Å². The molecule has 0 aliphatic heterocycles. The third kappa shape index (κ3) is 10.8. The van der Waals surface area contributed by atoms with Crippen LogP contribution in [0.1, 0.15) is 0 Å². The van der Waals surface area contributed by atoms with Gasteiger partial charge in [-0.05, 0) is 0 Å². The molecule has 0 rings (SSSR count). The van der Waals surface area contributed by atoms with Gasteiger partial charge in [0.05, 0.1) is 7.82 Å². The van der Waals surface area contributed by atoms with Crippen LogP contribution in [0.4, 0.5) is 0 Å². The standard InChI is InChI=1S/CH5O4P.Cu/c1-5-6(2,3)4;/h1H3,(H2,2,3,4);/q;+2/p-2. The minimum atomic E-state index is -4.65. The topological polar surface area (TPSA) is 72.4 Å². The molecule has 0 aromatic heterocycles. The number of hydrogen-bond acceptors (Lipinski definition) is 4. The quantitative estimate of drug-likeness (QED) is 0.356. The van der Waals surface area contributed by atoms with E-state index in [4.69, 9.17) is 0 Å². The number of rotatable bonds is 1. The second-order valence-corrected chi connectivity index (χ2v) is 1.89. The van der Waals surface area contributed by atoms with E-state index in [1.165, 1.54) is 0 Å². The van der Waals surface area contributed by atoms with E-state index in [1.54, 1.807) is 0 Å². The summed E-state index contributed by atoms with van der Waals surface area (Å²) >= 11 is 0. The number of phosphoric ester groups is 1. The molecule has 0 saturated heterocycles. The van der Waals surface area contributed by atoms with Gasteiger partial charge in [-0.25, -0.2) is 0 Å². The minimum Gasteiger partial charge on any atom is -0.790 e. The van der Waals surface area contributed by atoms with Crippen LogP contribution in [0.25, 0.3) is 0 Å². The van der Waals surface area contributed by atoms with Crippen LogP contribution in [0, 0.1) is 0 Å². The Morgan fingerprint density at radius 2 is 1.71 bits per heavy atom. The molecule has 0 heterocycles. The van der Waals surface area contributed by atoms with Crippen LogP contribution in [-0.4, -0.2) is 7.11 Å². The van der Waals surface area contributed by atoms with E-state index in [-0.39, 0.29) is 17.1 Å². The van der Waals surface area contributed by atoms with Gasteiger partial charge in [0.1, 0.15) is 0 Å². The Hall–Kier alpha value is 0.629. The summed E-state index contributed by atoms with van der Waals surface area (Å²) in [6, 6.07) is 0. The SMILES string of the molecule is COP(=O)([O-])[O-].[Cu+2]. The first kappa shape index (κ1) is 10.6. The Morgan fingerprint density at radius 1 is 1.57 bits per heavy atom. The third-order valence-electron chi connectivity index (χ3n) is 0.224. The second-order valence-electron chi connectivity index (χ2n) is 0.630. The first-order valence-corrected chi connectivity index (χ1v) is 2.60. The van der Waals surface area contributed by atoms with E-state index in [9.17, 15) is 14.4 Å². The van der Waals surface area contributed by atoms with Crippen molar-refractivity contribution in [1.29, 1.82) is 0 Å². The second kappa shape index (κ2) is 3.61. The number of phosphoric acid groups is 1. The van der Waals surface area contributed by atoms with Gasteiger partial charge >= 0.3 is 17.1 Å². The van der Waals surface area contributed by atoms with Crippen molar-refractivity contribution in [2.24, 2.45) is 0 Å². The van der Waals surface area contributed by atoms with Crippen molar-refractivity contribution >= 4 is 7.82 Å². The van der Waals surface area contributed by atoms with Crippen molar-refractivity contribution in [2.45, 2.75) is 0 Å². The molecule has 47 valence electrons. The maximum absolute atomic E-state index is 9.25. The maximum atomic E-state index is 9.25. The van der Waals surface area contributed by atoms with Crippen molar-refractivity contribution in [3.63, 3.8) is 0 Å².